The van der Waals surface area contributed by atoms with Crippen LogP contribution in [-0.4, -0.2) is 32.7 Å². The fourth-order valence-electron chi connectivity index (χ4n) is 6.49. The average molecular weight is 411 g/mol. The van der Waals surface area contributed by atoms with Crippen LogP contribution >= 0.6 is 0 Å². The first-order valence-corrected chi connectivity index (χ1v) is 10.4. The minimum absolute atomic E-state index is 0.0134. The van der Waals surface area contributed by atoms with E-state index in [9.17, 15) is 14.9 Å². The van der Waals surface area contributed by atoms with E-state index in [2.05, 4.69) is 15.4 Å². The molecule has 1 amide bonds. The van der Waals surface area contributed by atoms with Crippen LogP contribution in [0.25, 0.3) is 0 Å². The molecule has 4 fully saturated rings. The molecule has 4 aliphatic rings. The number of aromatic nitrogens is 3. The molecule has 1 aromatic carbocycles. The van der Waals surface area contributed by atoms with Gasteiger partial charge in [-0.25, -0.2) is 0 Å². The monoisotopic (exact) mass is 411 g/mol. The number of carbonyl (C=O) groups excluding carboxylic acids is 1. The summed E-state index contributed by atoms with van der Waals surface area (Å²) in [5.74, 6) is 1.10. The standard InChI is InChI=1S/C21H25N5O4/c1-13-3-4-17(30-2)16(5-13)23-18(27)20-7-14-6-15(8-20)10-21(9-14,11-20)25-12-22-19(24-25)26(28)29/h3-5,12,14-15H,6-11H2,1-2H3,(H,23,27)/t14-,15-,20?,21?/m1/s1. The van der Waals surface area contributed by atoms with E-state index >= 15 is 0 Å². The topological polar surface area (TPSA) is 112 Å². The van der Waals surface area contributed by atoms with Gasteiger partial charge in [-0.3, -0.25) is 4.79 Å². The molecule has 0 radical (unpaired) electrons. The zero-order chi connectivity index (χ0) is 21.1. The van der Waals surface area contributed by atoms with Gasteiger partial charge in [-0.15, -0.1) is 0 Å². The number of ether oxygens (including phenoxy) is 1. The lowest BCUT2D eigenvalue weighted by molar-refractivity contribution is -0.394. The van der Waals surface area contributed by atoms with Gasteiger partial charge >= 0.3 is 5.95 Å². The van der Waals surface area contributed by atoms with Crippen molar-refractivity contribution in [2.45, 2.75) is 51.0 Å². The van der Waals surface area contributed by atoms with Crippen LogP contribution in [0.1, 0.15) is 44.1 Å². The van der Waals surface area contributed by atoms with Gasteiger partial charge in [0, 0.05) is 5.10 Å². The summed E-state index contributed by atoms with van der Waals surface area (Å²) in [5.41, 5.74) is 0.852. The van der Waals surface area contributed by atoms with Crippen molar-refractivity contribution in [3.63, 3.8) is 0 Å². The molecule has 2 atom stereocenters. The molecule has 1 aromatic heterocycles. The van der Waals surface area contributed by atoms with Crippen molar-refractivity contribution in [3.8, 4) is 5.75 Å². The third-order valence-electron chi connectivity index (χ3n) is 7.24. The molecule has 4 bridgehead atoms. The molecule has 30 heavy (non-hydrogen) atoms. The van der Waals surface area contributed by atoms with Crippen LogP contribution in [0, 0.1) is 34.3 Å². The lowest BCUT2D eigenvalue weighted by Gasteiger charge is -2.60. The second kappa shape index (κ2) is 6.52. The molecule has 2 aromatic rings. The molecule has 0 aliphatic heterocycles. The minimum atomic E-state index is -0.566. The molecule has 158 valence electrons. The lowest BCUT2D eigenvalue weighted by Crippen LogP contribution is -2.60. The number of anilines is 1. The Morgan fingerprint density at radius 2 is 2.03 bits per heavy atom. The number of amides is 1. The SMILES string of the molecule is COc1ccc(C)cc1NC(=O)C12C[C@H]3C[C@H](C1)CC(n1cnc([N+](=O)[O-])n1)(C3)C2. The summed E-state index contributed by atoms with van der Waals surface area (Å²) in [7, 11) is 1.59. The van der Waals surface area contributed by atoms with Gasteiger partial charge in [-0.1, -0.05) is 11.1 Å². The van der Waals surface area contributed by atoms with Crippen molar-refractivity contribution in [2.75, 3.05) is 12.4 Å². The summed E-state index contributed by atoms with van der Waals surface area (Å²) in [5, 5.41) is 18.4. The quantitative estimate of drug-likeness (QED) is 0.596. The highest BCUT2D eigenvalue weighted by atomic mass is 16.6. The minimum Gasteiger partial charge on any atom is -0.495 e. The normalized spacial score (nSPS) is 31.5. The summed E-state index contributed by atoms with van der Waals surface area (Å²) >= 11 is 0. The number of benzene rings is 1. The highest BCUT2D eigenvalue weighted by molar-refractivity contribution is 5.97. The third kappa shape index (κ3) is 2.86. The zero-order valence-corrected chi connectivity index (χ0v) is 17.1. The van der Waals surface area contributed by atoms with E-state index in [1.54, 1.807) is 11.8 Å². The Kier molecular flexibility index (Phi) is 4.13. The van der Waals surface area contributed by atoms with Crippen LogP contribution < -0.4 is 10.1 Å². The van der Waals surface area contributed by atoms with Crippen molar-refractivity contribution in [3.05, 3.63) is 40.2 Å². The van der Waals surface area contributed by atoms with E-state index in [1.165, 1.54) is 6.33 Å². The number of hydrogen-bond donors (Lipinski definition) is 1. The Balaban J connectivity index is 1.47. The number of nitro groups is 1. The third-order valence-corrected chi connectivity index (χ3v) is 7.24. The van der Waals surface area contributed by atoms with E-state index in [0.717, 1.165) is 37.7 Å². The maximum Gasteiger partial charge on any atom is 0.490 e. The molecular weight excluding hydrogens is 386 g/mol. The largest absolute Gasteiger partial charge is 0.495 e. The Labute approximate surface area is 174 Å². The fraction of sp³-hybridized carbons (Fsp3) is 0.571. The Morgan fingerprint density at radius 1 is 1.30 bits per heavy atom. The summed E-state index contributed by atoms with van der Waals surface area (Å²) < 4.78 is 7.11. The number of rotatable bonds is 5. The van der Waals surface area contributed by atoms with E-state index in [-0.39, 0.29) is 17.4 Å². The van der Waals surface area contributed by atoms with Crippen molar-refractivity contribution in [2.24, 2.45) is 17.3 Å². The average Bonchev–Trinajstić information content (AvgIpc) is 3.19. The second-order valence-corrected chi connectivity index (χ2v) is 9.37. The van der Waals surface area contributed by atoms with Gasteiger partial charge in [0.05, 0.1) is 23.8 Å². The van der Waals surface area contributed by atoms with E-state index in [1.807, 2.05) is 25.1 Å². The second-order valence-electron chi connectivity index (χ2n) is 9.37. The first-order chi connectivity index (χ1) is 14.3. The molecule has 9 nitrogen and oxygen atoms in total. The number of hydrogen-bond acceptors (Lipinski definition) is 6. The van der Waals surface area contributed by atoms with Crippen molar-refractivity contribution in [1.29, 1.82) is 0 Å². The highest BCUT2D eigenvalue weighted by Gasteiger charge is 2.62. The first-order valence-electron chi connectivity index (χ1n) is 10.4. The number of nitrogens with zero attached hydrogens (tertiary/aromatic N) is 4. The highest BCUT2D eigenvalue weighted by Crippen LogP contribution is 2.64. The molecule has 0 unspecified atom stereocenters. The van der Waals surface area contributed by atoms with Crippen LogP contribution in [-0.2, 0) is 10.3 Å². The van der Waals surface area contributed by atoms with E-state index in [4.69, 9.17) is 4.74 Å². The van der Waals surface area contributed by atoms with Gasteiger partial charge in [-0.05, 0) is 79.9 Å². The Morgan fingerprint density at radius 3 is 2.67 bits per heavy atom. The molecule has 9 heteroatoms. The molecule has 4 aliphatic carbocycles. The Hall–Kier alpha value is -2.97. The number of aryl methyl sites for hydroxylation is 1. The van der Waals surface area contributed by atoms with Crippen LogP contribution in [0.5, 0.6) is 5.75 Å². The summed E-state index contributed by atoms with van der Waals surface area (Å²) in [4.78, 5) is 28.0. The maximum atomic E-state index is 13.6. The fourth-order valence-corrected chi connectivity index (χ4v) is 6.49. The smallest absolute Gasteiger partial charge is 0.490 e. The molecule has 1 N–H and O–H groups in total. The van der Waals surface area contributed by atoms with Gasteiger partial charge in [0.2, 0.25) is 12.2 Å². The zero-order valence-electron chi connectivity index (χ0n) is 17.1. The van der Waals surface area contributed by atoms with Crippen molar-refractivity contribution in [1.82, 2.24) is 14.8 Å². The lowest BCUT2D eigenvalue weighted by atomic mass is 9.46. The number of carbonyl (C=O) groups is 1. The molecule has 0 spiro atoms. The van der Waals surface area contributed by atoms with Crippen LogP contribution in [0.4, 0.5) is 11.6 Å². The molecular formula is C21H25N5O4. The van der Waals surface area contributed by atoms with Crippen LogP contribution in [0.15, 0.2) is 24.5 Å². The first kappa shape index (κ1) is 19.0. The van der Waals surface area contributed by atoms with Crippen LogP contribution in [0.3, 0.4) is 0 Å². The predicted molar refractivity (Wildman–Crippen MR) is 108 cm³/mol. The summed E-state index contributed by atoms with van der Waals surface area (Å²) in [6, 6.07) is 5.74. The Bertz CT molecular complexity index is 1020. The van der Waals surface area contributed by atoms with E-state index in [0.29, 0.717) is 29.7 Å². The maximum absolute atomic E-state index is 13.6. The van der Waals surface area contributed by atoms with Gasteiger partial charge in [0.15, 0.2) is 0 Å². The summed E-state index contributed by atoms with van der Waals surface area (Å²) in [6.45, 7) is 1.98. The molecule has 1 heterocycles. The van der Waals surface area contributed by atoms with Crippen LogP contribution in [0.2, 0.25) is 0 Å². The van der Waals surface area contributed by atoms with Gasteiger partial charge in [0.1, 0.15) is 5.75 Å². The summed E-state index contributed by atoms with van der Waals surface area (Å²) in [6.07, 6.45) is 6.71. The predicted octanol–water partition coefficient (Wildman–Crippen LogP) is 3.44. The van der Waals surface area contributed by atoms with E-state index < -0.39 is 10.3 Å². The van der Waals surface area contributed by atoms with Gasteiger partial charge in [0.25, 0.3) is 0 Å². The van der Waals surface area contributed by atoms with Gasteiger partial charge < -0.3 is 20.2 Å². The molecule has 6 rings (SSSR count). The van der Waals surface area contributed by atoms with Crippen molar-refractivity contribution < 1.29 is 14.5 Å². The molecule has 0 saturated heterocycles. The number of nitrogens with one attached hydrogen (secondary N) is 1. The molecule has 4 saturated carbocycles. The van der Waals surface area contributed by atoms with Crippen molar-refractivity contribution >= 4 is 17.5 Å². The van der Waals surface area contributed by atoms with Gasteiger partial charge in [-0.2, -0.15) is 4.68 Å². The number of methoxy groups -OCH3 is 1.